The average Bonchev–Trinajstić information content (AvgIpc) is 2.66. The van der Waals surface area contributed by atoms with Gasteiger partial charge in [-0.2, -0.15) is 13.2 Å². The Labute approximate surface area is 164 Å². The molecule has 8 nitrogen and oxygen atoms in total. The third kappa shape index (κ3) is 4.67. The number of amides is 1. The van der Waals surface area contributed by atoms with Crippen molar-refractivity contribution in [2.24, 2.45) is 0 Å². The van der Waals surface area contributed by atoms with Gasteiger partial charge in [-0.3, -0.25) is 4.79 Å². The van der Waals surface area contributed by atoms with E-state index in [0.717, 1.165) is 6.07 Å². The van der Waals surface area contributed by atoms with Gasteiger partial charge in [0, 0.05) is 18.3 Å². The first-order chi connectivity index (χ1) is 13.3. The summed E-state index contributed by atoms with van der Waals surface area (Å²) < 4.78 is 85.2. The third-order valence-corrected chi connectivity index (χ3v) is 7.05. The van der Waals surface area contributed by atoms with E-state index in [0.29, 0.717) is 12.1 Å². The van der Waals surface area contributed by atoms with Gasteiger partial charge in [-0.05, 0) is 30.3 Å². The summed E-state index contributed by atoms with van der Waals surface area (Å²) in [5.74, 6) is -1.83. The highest BCUT2D eigenvalue weighted by atomic mass is 32.2. The number of pyridine rings is 1. The quantitative estimate of drug-likeness (QED) is 0.683. The van der Waals surface area contributed by atoms with Crippen LogP contribution in [0.2, 0.25) is 0 Å². The van der Waals surface area contributed by atoms with Gasteiger partial charge in [0.05, 0.1) is 15.5 Å². The molecule has 2 rings (SSSR count). The Morgan fingerprint density at radius 3 is 2.41 bits per heavy atom. The molecule has 158 valence electrons. The Morgan fingerprint density at radius 2 is 1.83 bits per heavy atom. The number of sulfone groups is 2. The van der Waals surface area contributed by atoms with Crippen LogP contribution < -0.4 is 5.32 Å². The summed E-state index contributed by atoms with van der Waals surface area (Å²) in [5.41, 5.74) is -6.30. The number of aromatic hydroxyl groups is 1. The van der Waals surface area contributed by atoms with Gasteiger partial charge in [-0.25, -0.2) is 21.8 Å². The zero-order chi connectivity index (χ0) is 22.0. The number of carbonyl (C=O) groups is 1. The number of nitrogens with one attached hydrogen (secondary N) is 1. The van der Waals surface area contributed by atoms with Crippen molar-refractivity contribution in [3.63, 3.8) is 0 Å². The Morgan fingerprint density at radius 1 is 1.17 bits per heavy atom. The fourth-order valence-electron chi connectivity index (χ4n) is 2.23. The minimum absolute atomic E-state index is 0.295. The lowest BCUT2D eigenvalue weighted by atomic mass is 10.2. The maximum atomic E-state index is 12.7. The van der Waals surface area contributed by atoms with E-state index in [-0.39, 0.29) is 16.2 Å². The number of hydrogen-bond acceptors (Lipinski definition) is 7. The number of hydrogen-bond donors (Lipinski definition) is 2. The van der Waals surface area contributed by atoms with Gasteiger partial charge in [-0.1, -0.05) is 6.92 Å². The van der Waals surface area contributed by atoms with Gasteiger partial charge < -0.3 is 10.4 Å². The van der Waals surface area contributed by atoms with Crippen LogP contribution in [0.5, 0.6) is 5.75 Å². The third-order valence-electron chi connectivity index (χ3n) is 3.81. The second-order valence-corrected chi connectivity index (χ2v) is 9.86. The molecule has 0 aliphatic carbocycles. The minimum Gasteiger partial charge on any atom is -0.508 e. The van der Waals surface area contributed by atoms with Gasteiger partial charge in [0.2, 0.25) is 0 Å². The molecule has 0 unspecified atom stereocenters. The van der Waals surface area contributed by atoms with E-state index in [4.69, 9.17) is 0 Å². The van der Waals surface area contributed by atoms with E-state index in [2.05, 4.69) is 10.3 Å². The number of phenolic OH excluding ortho intramolecular Hbond substituents is 1. The van der Waals surface area contributed by atoms with Crippen LogP contribution in [0.1, 0.15) is 23.0 Å². The molecule has 0 fully saturated rings. The van der Waals surface area contributed by atoms with Crippen LogP contribution in [0.25, 0.3) is 0 Å². The number of phenols is 1. The first kappa shape index (κ1) is 22.6. The smallest absolute Gasteiger partial charge is 0.501 e. The van der Waals surface area contributed by atoms with Gasteiger partial charge >= 0.3 is 5.51 Å². The topological polar surface area (TPSA) is 130 Å². The molecule has 0 aliphatic rings. The highest BCUT2D eigenvalue weighted by Crippen LogP contribution is 2.32. The predicted molar refractivity (Wildman–Crippen MR) is 94.5 cm³/mol. The van der Waals surface area contributed by atoms with Crippen molar-refractivity contribution in [1.29, 1.82) is 0 Å². The Balaban J connectivity index is 2.32. The van der Waals surface area contributed by atoms with E-state index in [9.17, 15) is 39.9 Å². The lowest BCUT2D eigenvalue weighted by molar-refractivity contribution is -0.0436. The standard InChI is InChI=1S/C16H15F3N2O6S2/c1-2-28(24,25)13-4-3-7-20-14(13)15(23)21-9-10-8-11(5-6-12(10)22)29(26,27)16(17,18)19/h3-8,22H,2,9H2,1H3,(H,21,23). The first-order valence-corrected chi connectivity index (χ1v) is 11.0. The average molecular weight is 452 g/mol. The molecule has 0 spiro atoms. The predicted octanol–water partition coefficient (Wildman–Crippen LogP) is 1.80. The number of nitrogens with zero attached hydrogens (tertiary/aromatic N) is 1. The summed E-state index contributed by atoms with van der Waals surface area (Å²) in [6.07, 6.45) is 1.18. The fraction of sp³-hybridized carbons (Fsp3) is 0.250. The second-order valence-electron chi connectivity index (χ2n) is 5.68. The second kappa shape index (κ2) is 7.99. The van der Waals surface area contributed by atoms with Crippen molar-refractivity contribution < 1.29 is 39.9 Å². The van der Waals surface area contributed by atoms with Crippen LogP contribution in [0, 0.1) is 0 Å². The summed E-state index contributed by atoms with van der Waals surface area (Å²) in [6, 6.07) is 4.38. The van der Waals surface area contributed by atoms with Crippen molar-refractivity contribution in [3.05, 3.63) is 47.8 Å². The van der Waals surface area contributed by atoms with E-state index >= 15 is 0 Å². The molecule has 1 aromatic carbocycles. The minimum atomic E-state index is -5.65. The van der Waals surface area contributed by atoms with E-state index in [1.54, 1.807) is 0 Å². The number of halogens is 3. The number of aromatic nitrogens is 1. The van der Waals surface area contributed by atoms with Crippen LogP contribution in [-0.2, 0) is 26.2 Å². The molecule has 13 heteroatoms. The molecular formula is C16H15F3N2O6S2. The molecule has 0 atom stereocenters. The molecular weight excluding hydrogens is 437 g/mol. The van der Waals surface area contributed by atoms with Gasteiger partial charge in [0.15, 0.2) is 9.84 Å². The number of alkyl halides is 3. The summed E-state index contributed by atoms with van der Waals surface area (Å²) in [6.45, 7) is 0.794. The van der Waals surface area contributed by atoms with Crippen LogP contribution in [0.15, 0.2) is 46.3 Å². The van der Waals surface area contributed by atoms with Gasteiger partial charge in [-0.15, -0.1) is 0 Å². The maximum Gasteiger partial charge on any atom is 0.501 e. The Bertz CT molecular complexity index is 1150. The molecule has 1 heterocycles. The monoisotopic (exact) mass is 452 g/mol. The molecule has 0 aliphatic heterocycles. The van der Waals surface area contributed by atoms with Gasteiger partial charge in [0.1, 0.15) is 11.4 Å². The van der Waals surface area contributed by atoms with E-state index in [1.165, 1.54) is 25.3 Å². The van der Waals surface area contributed by atoms with Crippen LogP contribution in [-0.4, -0.2) is 44.1 Å². The molecule has 0 bridgehead atoms. The number of benzene rings is 1. The van der Waals surface area contributed by atoms with Gasteiger partial charge in [0.25, 0.3) is 15.7 Å². The SMILES string of the molecule is CCS(=O)(=O)c1cccnc1C(=O)NCc1cc(S(=O)(=O)C(F)(F)F)ccc1O. The van der Waals surface area contributed by atoms with E-state index < -0.39 is 54.0 Å². The van der Waals surface area contributed by atoms with E-state index in [1.807, 2.05) is 0 Å². The zero-order valence-electron chi connectivity index (χ0n) is 14.8. The number of carbonyl (C=O) groups excluding carboxylic acids is 1. The van der Waals surface area contributed by atoms with Crippen LogP contribution >= 0.6 is 0 Å². The summed E-state index contributed by atoms with van der Waals surface area (Å²) in [4.78, 5) is 14.6. The Hall–Kier alpha value is -2.67. The van der Waals surface area contributed by atoms with Crippen molar-refractivity contribution >= 4 is 25.6 Å². The summed E-state index contributed by atoms with van der Waals surface area (Å²) in [5, 5.41) is 12.0. The highest BCUT2D eigenvalue weighted by Gasteiger charge is 2.47. The molecule has 29 heavy (non-hydrogen) atoms. The lowest BCUT2D eigenvalue weighted by Gasteiger charge is -2.12. The van der Waals surface area contributed by atoms with Crippen molar-refractivity contribution in [3.8, 4) is 5.75 Å². The lowest BCUT2D eigenvalue weighted by Crippen LogP contribution is -2.27. The van der Waals surface area contributed by atoms with Crippen molar-refractivity contribution in [2.45, 2.75) is 28.8 Å². The molecule has 0 saturated heterocycles. The molecule has 2 aromatic rings. The summed E-state index contributed by atoms with van der Waals surface area (Å²) >= 11 is 0. The molecule has 2 N–H and O–H groups in total. The Kier molecular flexibility index (Phi) is 6.23. The highest BCUT2D eigenvalue weighted by molar-refractivity contribution is 7.92. The normalized spacial score (nSPS) is 12.6. The van der Waals surface area contributed by atoms with Crippen LogP contribution in [0.4, 0.5) is 13.2 Å². The molecule has 1 amide bonds. The molecule has 0 radical (unpaired) electrons. The zero-order valence-corrected chi connectivity index (χ0v) is 16.4. The maximum absolute atomic E-state index is 12.7. The first-order valence-electron chi connectivity index (χ1n) is 7.90. The largest absolute Gasteiger partial charge is 0.508 e. The summed E-state index contributed by atoms with van der Waals surface area (Å²) in [7, 11) is -9.44. The fourth-order valence-corrected chi connectivity index (χ4v) is 4.08. The van der Waals surface area contributed by atoms with Crippen LogP contribution in [0.3, 0.4) is 0 Å². The molecule has 0 saturated carbocycles. The number of rotatable bonds is 6. The molecule has 1 aromatic heterocycles. The van der Waals surface area contributed by atoms with Crippen molar-refractivity contribution in [1.82, 2.24) is 10.3 Å². The van der Waals surface area contributed by atoms with Crippen molar-refractivity contribution in [2.75, 3.05) is 5.75 Å².